The van der Waals surface area contributed by atoms with E-state index in [4.69, 9.17) is 5.11 Å². The summed E-state index contributed by atoms with van der Waals surface area (Å²) in [5.41, 5.74) is 1.20. The zero-order chi connectivity index (χ0) is 11.8. The van der Waals surface area contributed by atoms with Crippen molar-refractivity contribution in [3.8, 4) is 0 Å². The molecular weight excluding hydrogens is 204 g/mol. The van der Waals surface area contributed by atoms with Gasteiger partial charge < -0.3 is 10.4 Å². The fourth-order valence-corrected chi connectivity index (χ4v) is 1.49. The van der Waals surface area contributed by atoms with Gasteiger partial charge in [-0.25, -0.2) is 0 Å². The van der Waals surface area contributed by atoms with E-state index in [1.54, 1.807) is 12.4 Å². The lowest BCUT2D eigenvalue weighted by Gasteiger charge is -2.13. The van der Waals surface area contributed by atoms with Crippen LogP contribution >= 0.6 is 0 Å². The Morgan fingerprint density at radius 3 is 2.75 bits per heavy atom. The highest BCUT2D eigenvalue weighted by atomic mass is 16.4. The lowest BCUT2D eigenvalue weighted by molar-refractivity contribution is -0.137. The normalized spacial score (nSPS) is 12.3. The minimum absolute atomic E-state index is 0.255. The summed E-state index contributed by atoms with van der Waals surface area (Å²) in [5, 5.41) is 11.8. The van der Waals surface area contributed by atoms with Crippen LogP contribution < -0.4 is 5.32 Å². The number of rotatable bonds is 7. The van der Waals surface area contributed by atoms with Crippen molar-refractivity contribution in [3.63, 3.8) is 0 Å². The maximum atomic E-state index is 10.3. The number of carboxylic acids is 1. The molecule has 0 aliphatic carbocycles. The van der Waals surface area contributed by atoms with Crippen LogP contribution in [0, 0.1) is 0 Å². The van der Waals surface area contributed by atoms with Crippen LogP contribution in [0.25, 0.3) is 0 Å². The van der Waals surface area contributed by atoms with Crippen molar-refractivity contribution in [1.82, 2.24) is 10.3 Å². The Morgan fingerprint density at radius 1 is 1.44 bits per heavy atom. The monoisotopic (exact) mass is 222 g/mol. The van der Waals surface area contributed by atoms with Crippen LogP contribution in [0.2, 0.25) is 0 Å². The molecule has 4 nitrogen and oxygen atoms in total. The fraction of sp³-hybridized carbons (Fsp3) is 0.500. The van der Waals surface area contributed by atoms with Gasteiger partial charge in [0.05, 0.1) is 0 Å². The number of nitrogens with one attached hydrogen (secondary N) is 1. The molecule has 2 N–H and O–H groups in total. The maximum Gasteiger partial charge on any atom is 0.303 e. The molecule has 0 saturated heterocycles. The molecule has 88 valence electrons. The summed E-state index contributed by atoms with van der Waals surface area (Å²) in [5.74, 6) is -0.720. The predicted molar refractivity (Wildman–Crippen MR) is 62.1 cm³/mol. The third kappa shape index (κ3) is 4.89. The van der Waals surface area contributed by atoms with Crippen LogP contribution in [0.3, 0.4) is 0 Å². The first-order valence-electron chi connectivity index (χ1n) is 5.55. The van der Waals surface area contributed by atoms with Crippen molar-refractivity contribution >= 4 is 5.97 Å². The molecule has 4 heteroatoms. The Kier molecular flexibility index (Phi) is 5.50. The molecule has 0 bridgehead atoms. The third-order valence-corrected chi connectivity index (χ3v) is 2.47. The molecule has 0 radical (unpaired) electrons. The molecule has 0 unspecified atom stereocenters. The van der Waals surface area contributed by atoms with Gasteiger partial charge in [-0.3, -0.25) is 9.78 Å². The van der Waals surface area contributed by atoms with Crippen molar-refractivity contribution in [3.05, 3.63) is 30.1 Å². The summed E-state index contributed by atoms with van der Waals surface area (Å²) in [4.78, 5) is 14.3. The Bertz CT molecular complexity index is 314. The first-order chi connectivity index (χ1) is 7.70. The van der Waals surface area contributed by atoms with Crippen molar-refractivity contribution in [1.29, 1.82) is 0 Å². The molecule has 16 heavy (non-hydrogen) atoms. The Hall–Kier alpha value is -1.42. The number of carboxylic acid groups (broad SMARTS) is 1. The zero-order valence-electron chi connectivity index (χ0n) is 9.52. The second-order valence-corrected chi connectivity index (χ2v) is 3.81. The molecule has 1 atom stereocenters. The number of hydrogen-bond donors (Lipinski definition) is 2. The maximum absolute atomic E-state index is 10.3. The lowest BCUT2D eigenvalue weighted by Crippen LogP contribution is -2.19. The van der Waals surface area contributed by atoms with E-state index in [1.807, 2.05) is 12.1 Å². The Balaban J connectivity index is 2.16. The first-order valence-corrected chi connectivity index (χ1v) is 5.55. The van der Waals surface area contributed by atoms with Gasteiger partial charge in [-0.15, -0.1) is 0 Å². The highest BCUT2D eigenvalue weighted by molar-refractivity contribution is 5.66. The molecule has 1 aromatic rings. The highest BCUT2D eigenvalue weighted by Gasteiger charge is 2.03. The summed E-state index contributed by atoms with van der Waals surface area (Å²) >= 11 is 0. The summed E-state index contributed by atoms with van der Waals surface area (Å²) < 4.78 is 0. The molecular formula is C12H18N2O2. The van der Waals surface area contributed by atoms with E-state index in [9.17, 15) is 4.79 Å². The van der Waals surface area contributed by atoms with E-state index in [1.165, 1.54) is 5.56 Å². The van der Waals surface area contributed by atoms with Gasteiger partial charge in [0.25, 0.3) is 0 Å². The summed E-state index contributed by atoms with van der Waals surface area (Å²) in [6.45, 7) is 2.93. The van der Waals surface area contributed by atoms with Crippen molar-refractivity contribution in [2.75, 3.05) is 6.54 Å². The van der Waals surface area contributed by atoms with Crippen molar-refractivity contribution in [2.24, 2.45) is 0 Å². The number of pyridine rings is 1. The number of carbonyl (C=O) groups is 1. The van der Waals surface area contributed by atoms with Gasteiger partial charge in [-0.05, 0) is 44.0 Å². The highest BCUT2D eigenvalue weighted by Crippen LogP contribution is 2.09. The smallest absolute Gasteiger partial charge is 0.303 e. The summed E-state index contributed by atoms with van der Waals surface area (Å²) in [6, 6.07) is 4.25. The molecule has 1 rings (SSSR count). The van der Waals surface area contributed by atoms with Gasteiger partial charge in [0.1, 0.15) is 0 Å². The molecule has 0 amide bonds. The summed E-state index contributed by atoms with van der Waals surface area (Å²) in [7, 11) is 0. The minimum Gasteiger partial charge on any atom is -0.481 e. The third-order valence-electron chi connectivity index (χ3n) is 2.47. The lowest BCUT2D eigenvalue weighted by atomic mass is 10.1. The van der Waals surface area contributed by atoms with E-state index >= 15 is 0 Å². The van der Waals surface area contributed by atoms with E-state index in [-0.39, 0.29) is 12.5 Å². The quantitative estimate of drug-likeness (QED) is 0.692. The van der Waals surface area contributed by atoms with Crippen LogP contribution in [0.5, 0.6) is 0 Å². The van der Waals surface area contributed by atoms with Crippen molar-refractivity contribution in [2.45, 2.75) is 32.2 Å². The average molecular weight is 222 g/mol. The second-order valence-electron chi connectivity index (χ2n) is 3.81. The number of aliphatic carboxylic acids is 1. The molecule has 1 aromatic heterocycles. The van der Waals surface area contributed by atoms with Crippen molar-refractivity contribution < 1.29 is 9.90 Å². The average Bonchev–Trinajstić information content (AvgIpc) is 2.29. The molecule has 0 fully saturated rings. The van der Waals surface area contributed by atoms with Crippen LogP contribution in [0.1, 0.15) is 37.8 Å². The van der Waals surface area contributed by atoms with Gasteiger partial charge in [0.2, 0.25) is 0 Å². The zero-order valence-corrected chi connectivity index (χ0v) is 9.52. The Morgan fingerprint density at radius 2 is 2.12 bits per heavy atom. The van der Waals surface area contributed by atoms with Crippen LogP contribution in [0.15, 0.2) is 24.5 Å². The molecule has 0 aliphatic heterocycles. The van der Waals surface area contributed by atoms with Crippen LogP contribution in [-0.2, 0) is 4.79 Å². The van der Waals surface area contributed by atoms with Gasteiger partial charge in [0, 0.05) is 24.9 Å². The van der Waals surface area contributed by atoms with Gasteiger partial charge in [0.15, 0.2) is 0 Å². The van der Waals surface area contributed by atoms with E-state index in [0.717, 1.165) is 19.4 Å². The largest absolute Gasteiger partial charge is 0.481 e. The number of aromatic nitrogens is 1. The number of hydrogen-bond acceptors (Lipinski definition) is 3. The molecule has 0 aromatic carbocycles. The summed E-state index contributed by atoms with van der Waals surface area (Å²) in [6.07, 6.45) is 5.42. The standard InChI is InChI=1S/C12H18N2O2/c1-10(11-5-8-13-9-6-11)14-7-3-2-4-12(15)16/h5-6,8-10,14H,2-4,7H2,1H3,(H,15,16)/t10-/m1/s1. The fourth-order valence-electron chi connectivity index (χ4n) is 1.49. The van der Waals surface area contributed by atoms with Gasteiger partial charge >= 0.3 is 5.97 Å². The first kappa shape index (κ1) is 12.6. The molecule has 0 spiro atoms. The van der Waals surface area contributed by atoms with Crippen LogP contribution in [0.4, 0.5) is 0 Å². The molecule has 0 saturated carbocycles. The predicted octanol–water partition coefficient (Wildman–Crippen LogP) is 1.99. The second kappa shape index (κ2) is 6.95. The number of nitrogens with zero attached hydrogens (tertiary/aromatic N) is 1. The number of unbranched alkanes of at least 4 members (excludes halogenated alkanes) is 1. The SMILES string of the molecule is C[C@@H](NCCCCC(=O)O)c1ccncc1. The molecule has 1 heterocycles. The van der Waals surface area contributed by atoms with E-state index in [0.29, 0.717) is 0 Å². The molecule has 0 aliphatic rings. The Labute approximate surface area is 95.7 Å². The van der Waals surface area contributed by atoms with E-state index < -0.39 is 5.97 Å². The minimum atomic E-state index is -0.720. The van der Waals surface area contributed by atoms with Gasteiger partial charge in [-0.2, -0.15) is 0 Å². The topological polar surface area (TPSA) is 62.2 Å². The van der Waals surface area contributed by atoms with Gasteiger partial charge in [-0.1, -0.05) is 0 Å². The van der Waals surface area contributed by atoms with E-state index in [2.05, 4.69) is 17.2 Å². The van der Waals surface area contributed by atoms with Crippen LogP contribution in [-0.4, -0.2) is 22.6 Å².